The number of hydrogen-bond donors (Lipinski definition) is 3. The van der Waals surface area contributed by atoms with Gasteiger partial charge < -0.3 is 5.73 Å². The number of aromatic nitrogens is 3. The van der Waals surface area contributed by atoms with Crippen molar-refractivity contribution in [1.82, 2.24) is 24.7 Å². The van der Waals surface area contributed by atoms with Gasteiger partial charge in [0, 0.05) is 5.56 Å². The van der Waals surface area contributed by atoms with Crippen LogP contribution in [0.25, 0.3) is 11.4 Å². The minimum absolute atomic E-state index is 0.0980. The SMILES string of the molecule is CNP(=O)(NC)n1nc(-c2ccccc2)nc1N. The maximum atomic E-state index is 12.4. The molecule has 0 amide bonds. The summed E-state index contributed by atoms with van der Waals surface area (Å²) in [5.74, 6) is 0.541. The van der Waals surface area contributed by atoms with Gasteiger partial charge in [0.1, 0.15) is 0 Å². The van der Waals surface area contributed by atoms with Crippen LogP contribution in [0.2, 0.25) is 0 Å². The summed E-state index contributed by atoms with van der Waals surface area (Å²) in [6.45, 7) is 0. The van der Waals surface area contributed by atoms with Crippen LogP contribution in [0.3, 0.4) is 0 Å². The van der Waals surface area contributed by atoms with Crippen molar-refractivity contribution >= 4 is 13.5 Å². The van der Waals surface area contributed by atoms with Gasteiger partial charge in [0.15, 0.2) is 5.82 Å². The van der Waals surface area contributed by atoms with Gasteiger partial charge in [0.25, 0.3) is 0 Å². The highest BCUT2D eigenvalue weighted by Gasteiger charge is 2.25. The molecule has 4 N–H and O–H groups in total. The average Bonchev–Trinajstić information content (AvgIpc) is 2.81. The third kappa shape index (κ3) is 2.15. The molecule has 0 unspecified atom stereocenters. The maximum absolute atomic E-state index is 12.4. The summed E-state index contributed by atoms with van der Waals surface area (Å²) >= 11 is 0. The van der Waals surface area contributed by atoms with Gasteiger partial charge in [0.05, 0.1) is 0 Å². The highest BCUT2D eigenvalue weighted by Crippen LogP contribution is 2.38. The number of nitrogens with zero attached hydrogens (tertiary/aromatic N) is 3. The lowest BCUT2D eigenvalue weighted by molar-refractivity contribution is 0.549. The predicted molar refractivity (Wildman–Crippen MR) is 71.0 cm³/mol. The van der Waals surface area contributed by atoms with E-state index in [0.717, 1.165) is 5.56 Å². The van der Waals surface area contributed by atoms with E-state index >= 15 is 0 Å². The Morgan fingerprint density at radius 1 is 1.22 bits per heavy atom. The third-order valence-electron chi connectivity index (χ3n) is 2.52. The smallest absolute Gasteiger partial charge is 0.327 e. The van der Waals surface area contributed by atoms with Crippen molar-refractivity contribution in [2.45, 2.75) is 0 Å². The lowest BCUT2D eigenvalue weighted by Crippen LogP contribution is -2.23. The molecule has 0 aliphatic heterocycles. The van der Waals surface area contributed by atoms with Gasteiger partial charge in [-0.2, -0.15) is 9.44 Å². The Labute approximate surface area is 105 Å². The molecule has 0 saturated carbocycles. The van der Waals surface area contributed by atoms with Crippen LogP contribution in [-0.2, 0) is 4.57 Å². The molecule has 0 radical (unpaired) electrons. The number of rotatable bonds is 4. The van der Waals surface area contributed by atoms with Gasteiger partial charge in [-0.25, -0.2) is 10.2 Å². The largest absolute Gasteiger partial charge is 0.368 e. The highest BCUT2D eigenvalue weighted by atomic mass is 31.2. The predicted octanol–water partition coefficient (Wildman–Crippen LogP) is 0.922. The Bertz CT molecular complexity index is 573. The summed E-state index contributed by atoms with van der Waals surface area (Å²) in [6.07, 6.45) is 0. The van der Waals surface area contributed by atoms with Crippen LogP contribution in [0, 0.1) is 0 Å². The molecule has 1 heterocycles. The Balaban J connectivity index is 2.48. The minimum atomic E-state index is -3.05. The summed E-state index contributed by atoms with van der Waals surface area (Å²) in [5, 5.41) is 9.54. The number of benzene rings is 1. The molecule has 0 aliphatic rings. The minimum Gasteiger partial charge on any atom is -0.368 e. The fourth-order valence-corrected chi connectivity index (χ4v) is 2.68. The third-order valence-corrected chi connectivity index (χ3v) is 4.56. The Hall–Kier alpha value is -1.69. The second-order valence-electron chi connectivity index (χ2n) is 3.57. The Kier molecular flexibility index (Phi) is 3.47. The zero-order chi connectivity index (χ0) is 13.2. The number of anilines is 1. The van der Waals surface area contributed by atoms with Crippen molar-refractivity contribution in [3.05, 3.63) is 30.3 Å². The van der Waals surface area contributed by atoms with Crippen LogP contribution in [0.5, 0.6) is 0 Å². The van der Waals surface area contributed by atoms with E-state index in [0.29, 0.717) is 5.82 Å². The zero-order valence-corrected chi connectivity index (χ0v) is 11.1. The van der Waals surface area contributed by atoms with E-state index in [4.69, 9.17) is 5.73 Å². The molecular weight excluding hydrogens is 251 g/mol. The van der Waals surface area contributed by atoms with Crippen LogP contribution in [0.4, 0.5) is 5.95 Å². The average molecular weight is 266 g/mol. The highest BCUT2D eigenvalue weighted by molar-refractivity contribution is 7.58. The van der Waals surface area contributed by atoms with E-state index in [1.54, 1.807) is 14.1 Å². The molecule has 0 aliphatic carbocycles. The number of nitrogens with two attached hydrogens (primary N) is 1. The number of nitrogen functional groups attached to an aromatic ring is 1. The topological polar surface area (TPSA) is 97.9 Å². The van der Waals surface area contributed by atoms with E-state index < -0.39 is 7.59 Å². The summed E-state index contributed by atoms with van der Waals surface area (Å²) in [6, 6.07) is 9.38. The van der Waals surface area contributed by atoms with Crippen molar-refractivity contribution in [3.8, 4) is 11.4 Å². The standard InChI is InChI=1S/C10H15N6OP/c1-12-18(17,13-2)16-10(11)14-9(15-16)8-6-4-3-5-7-8/h3-7H,1-2H3,(H2,11,14,15)(H2,12,13,17). The second kappa shape index (κ2) is 4.89. The van der Waals surface area contributed by atoms with E-state index in [9.17, 15) is 4.57 Å². The molecule has 18 heavy (non-hydrogen) atoms. The Morgan fingerprint density at radius 2 is 1.83 bits per heavy atom. The fraction of sp³-hybridized carbons (Fsp3) is 0.200. The number of nitrogens with one attached hydrogen (secondary N) is 2. The van der Waals surface area contributed by atoms with Crippen LogP contribution in [0.15, 0.2) is 30.3 Å². The van der Waals surface area contributed by atoms with E-state index in [1.165, 1.54) is 4.45 Å². The van der Waals surface area contributed by atoms with Crippen molar-refractivity contribution in [1.29, 1.82) is 0 Å². The summed E-state index contributed by atoms with van der Waals surface area (Å²) in [4.78, 5) is 4.12. The first kappa shape index (κ1) is 12.8. The molecule has 0 bridgehead atoms. The van der Waals surface area contributed by atoms with E-state index in [2.05, 4.69) is 20.3 Å². The first-order chi connectivity index (χ1) is 8.60. The molecule has 0 saturated heterocycles. The first-order valence-electron chi connectivity index (χ1n) is 5.37. The lowest BCUT2D eigenvalue weighted by Gasteiger charge is -2.15. The Morgan fingerprint density at radius 3 is 2.39 bits per heavy atom. The van der Waals surface area contributed by atoms with Gasteiger partial charge in [-0.3, -0.25) is 4.57 Å². The second-order valence-corrected chi connectivity index (χ2v) is 6.00. The molecule has 7 nitrogen and oxygen atoms in total. The molecule has 8 heteroatoms. The molecule has 2 aromatic rings. The monoisotopic (exact) mass is 266 g/mol. The fourth-order valence-electron chi connectivity index (χ4n) is 1.53. The first-order valence-corrected chi connectivity index (χ1v) is 7.03. The van der Waals surface area contributed by atoms with Gasteiger partial charge in [-0.15, -0.1) is 5.10 Å². The van der Waals surface area contributed by atoms with Crippen LogP contribution < -0.4 is 15.9 Å². The lowest BCUT2D eigenvalue weighted by atomic mass is 10.2. The van der Waals surface area contributed by atoms with Crippen molar-refractivity contribution in [2.24, 2.45) is 0 Å². The molecule has 96 valence electrons. The molecule has 1 aromatic heterocycles. The molecule has 0 fully saturated rings. The van der Waals surface area contributed by atoms with Crippen molar-refractivity contribution < 1.29 is 4.57 Å². The maximum Gasteiger partial charge on any atom is 0.327 e. The van der Waals surface area contributed by atoms with E-state index in [1.807, 2.05) is 30.3 Å². The van der Waals surface area contributed by atoms with Crippen LogP contribution >= 0.6 is 7.59 Å². The van der Waals surface area contributed by atoms with Crippen molar-refractivity contribution in [2.75, 3.05) is 19.8 Å². The van der Waals surface area contributed by atoms with E-state index in [-0.39, 0.29) is 5.95 Å². The molecular formula is C10H15N6OP. The normalized spacial score (nSPS) is 11.7. The quantitative estimate of drug-likeness (QED) is 0.712. The van der Waals surface area contributed by atoms with Gasteiger partial charge in [-0.1, -0.05) is 30.3 Å². The zero-order valence-electron chi connectivity index (χ0n) is 10.2. The summed E-state index contributed by atoms with van der Waals surface area (Å²) < 4.78 is 13.6. The van der Waals surface area contributed by atoms with Gasteiger partial charge >= 0.3 is 7.59 Å². The summed E-state index contributed by atoms with van der Waals surface area (Å²) in [5.41, 5.74) is 6.57. The van der Waals surface area contributed by atoms with Gasteiger partial charge in [0.2, 0.25) is 5.95 Å². The van der Waals surface area contributed by atoms with Gasteiger partial charge in [-0.05, 0) is 14.1 Å². The molecule has 0 atom stereocenters. The van der Waals surface area contributed by atoms with Crippen molar-refractivity contribution in [3.63, 3.8) is 0 Å². The van der Waals surface area contributed by atoms with Crippen LogP contribution in [-0.4, -0.2) is 28.6 Å². The molecule has 2 rings (SSSR count). The summed E-state index contributed by atoms with van der Waals surface area (Å²) in [7, 11) is 0.0874. The molecule has 1 aromatic carbocycles. The molecule has 0 spiro atoms. The number of hydrogen-bond acceptors (Lipinski definition) is 4. The van der Waals surface area contributed by atoms with Crippen LogP contribution in [0.1, 0.15) is 0 Å².